The topological polar surface area (TPSA) is 60.5 Å². The number of amides is 1. The SMILES string of the molecule is CC1(CNC(=O)c2cnc(OC3CCCCC3)c(Cl)c2)CCOC1. The van der Waals surface area contributed by atoms with Crippen molar-refractivity contribution in [3.63, 3.8) is 0 Å². The molecule has 2 fully saturated rings. The van der Waals surface area contributed by atoms with Gasteiger partial charge in [0, 0.05) is 24.8 Å². The number of aromatic nitrogens is 1. The minimum absolute atomic E-state index is 0.0108. The van der Waals surface area contributed by atoms with E-state index in [1.807, 2.05) is 0 Å². The molecule has 3 rings (SSSR count). The average Bonchev–Trinajstić information content (AvgIpc) is 3.02. The Morgan fingerprint density at radius 1 is 1.46 bits per heavy atom. The highest BCUT2D eigenvalue weighted by molar-refractivity contribution is 6.32. The molecule has 1 amide bonds. The van der Waals surface area contributed by atoms with Gasteiger partial charge in [-0.25, -0.2) is 4.98 Å². The van der Waals surface area contributed by atoms with Gasteiger partial charge in [-0.05, 0) is 38.2 Å². The van der Waals surface area contributed by atoms with Crippen molar-refractivity contribution in [2.24, 2.45) is 5.41 Å². The highest BCUT2D eigenvalue weighted by atomic mass is 35.5. The molecule has 1 atom stereocenters. The van der Waals surface area contributed by atoms with E-state index >= 15 is 0 Å². The summed E-state index contributed by atoms with van der Waals surface area (Å²) in [4.78, 5) is 16.6. The van der Waals surface area contributed by atoms with Gasteiger partial charge in [0.25, 0.3) is 5.91 Å². The molecule has 1 aromatic heterocycles. The average molecular weight is 353 g/mol. The lowest BCUT2D eigenvalue weighted by atomic mass is 9.90. The summed E-state index contributed by atoms with van der Waals surface area (Å²) in [6, 6.07) is 1.63. The summed E-state index contributed by atoms with van der Waals surface area (Å²) >= 11 is 6.26. The number of carbonyl (C=O) groups excluding carboxylic acids is 1. The number of nitrogens with one attached hydrogen (secondary N) is 1. The van der Waals surface area contributed by atoms with E-state index in [0.29, 0.717) is 29.6 Å². The van der Waals surface area contributed by atoms with Crippen LogP contribution in [0, 0.1) is 5.41 Å². The number of carbonyl (C=O) groups is 1. The van der Waals surface area contributed by atoms with Crippen LogP contribution in [0.5, 0.6) is 5.88 Å². The van der Waals surface area contributed by atoms with Crippen LogP contribution in [0.3, 0.4) is 0 Å². The molecule has 1 unspecified atom stereocenters. The summed E-state index contributed by atoms with van der Waals surface area (Å²) in [6.07, 6.45) is 8.40. The van der Waals surface area contributed by atoms with Gasteiger partial charge in [0.15, 0.2) is 0 Å². The normalized spacial score (nSPS) is 24.8. The predicted molar refractivity (Wildman–Crippen MR) is 92.6 cm³/mol. The molecule has 0 bridgehead atoms. The van der Waals surface area contributed by atoms with Crippen molar-refractivity contribution in [1.82, 2.24) is 10.3 Å². The van der Waals surface area contributed by atoms with Gasteiger partial charge in [0.05, 0.1) is 12.2 Å². The first-order chi connectivity index (χ1) is 11.6. The second-order valence-electron chi connectivity index (χ2n) is 7.18. The number of hydrogen-bond donors (Lipinski definition) is 1. The van der Waals surface area contributed by atoms with Crippen molar-refractivity contribution in [3.05, 3.63) is 22.8 Å². The first-order valence-electron chi connectivity index (χ1n) is 8.74. The van der Waals surface area contributed by atoms with E-state index in [1.165, 1.54) is 25.5 Å². The fraction of sp³-hybridized carbons (Fsp3) is 0.667. The third-order valence-electron chi connectivity index (χ3n) is 4.88. The maximum Gasteiger partial charge on any atom is 0.252 e. The van der Waals surface area contributed by atoms with Crippen molar-refractivity contribution in [3.8, 4) is 5.88 Å². The van der Waals surface area contributed by atoms with Gasteiger partial charge in [0.1, 0.15) is 11.1 Å². The highest BCUT2D eigenvalue weighted by Crippen LogP contribution is 2.29. The Labute approximate surface area is 148 Å². The summed E-state index contributed by atoms with van der Waals surface area (Å²) in [5, 5.41) is 3.34. The minimum atomic E-state index is -0.165. The smallest absolute Gasteiger partial charge is 0.252 e. The van der Waals surface area contributed by atoms with Crippen molar-refractivity contribution >= 4 is 17.5 Å². The monoisotopic (exact) mass is 352 g/mol. The van der Waals surface area contributed by atoms with Crippen LogP contribution in [0.4, 0.5) is 0 Å². The third-order valence-corrected chi connectivity index (χ3v) is 5.15. The maximum absolute atomic E-state index is 12.3. The number of rotatable bonds is 5. The first kappa shape index (κ1) is 17.5. The summed E-state index contributed by atoms with van der Waals surface area (Å²) < 4.78 is 11.3. The molecule has 1 aliphatic heterocycles. The molecule has 1 saturated carbocycles. The Bertz CT molecular complexity index is 582. The van der Waals surface area contributed by atoms with Crippen LogP contribution in [0.25, 0.3) is 0 Å². The Morgan fingerprint density at radius 3 is 2.92 bits per heavy atom. The molecule has 132 valence electrons. The first-order valence-corrected chi connectivity index (χ1v) is 9.12. The van der Waals surface area contributed by atoms with Crippen molar-refractivity contribution in [2.45, 2.75) is 51.6 Å². The second kappa shape index (κ2) is 7.70. The summed E-state index contributed by atoms with van der Waals surface area (Å²) in [5.41, 5.74) is 0.468. The molecule has 1 saturated heterocycles. The fourth-order valence-electron chi connectivity index (χ4n) is 3.22. The molecule has 2 heterocycles. The van der Waals surface area contributed by atoms with Gasteiger partial charge in [-0.3, -0.25) is 4.79 Å². The number of pyridine rings is 1. The van der Waals surface area contributed by atoms with Gasteiger partial charge in [-0.2, -0.15) is 0 Å². The van der Waals surface area contributed by atoms with E-state index in [-0.39, 0.29) is 17.4 Å². The second-order valence-corrected chi connectivity index (χ2v) is 7.59. The van der Waals surface area contributed by atoms with Crippen molar-refractivity contribution in [1.29, 1.82) is 0 Å². The Morgan fingerprint density at radius 2 is 2.25 bits per heavy atom. The Balaban J connectivity index is 1.57. The van der Waals surface area contributed by atoms with E-state index in [0.717, 1.165) is 25.9 Å². The molecule has 2 aliphatic rings. The molecule has 1 aromatic rings. The van der Waals surface area contributed by atoms with E-state index in [4.69, 9.17) is 21.1 Å². The largest absolute Gasteiger partial charge is 0.473 e. The number of ether oxygens (including phenoxy) is 2. The van der Waals surface area contributed by atoms with Gasteiger partial charge in [0.2, 0.25) is 5.88 Å². The van der Waals surface area contributed by atoms with Crippen LogP contribution in [0.2, 0.25) is 5.02 Å². The molecule has 0 radical (unpaired) electrons. The summed E-state index contributed by atoms with van der Waals surface area (Å²) in [6.45, 7) is 4.14. The molecular formula is C18H25ClN2O3. The molecule has 0 spiro atoms. The van der Waals surface area contributed by atoms with Crippen LogP contribution in [0.15, 0.2) is 12.3 Å². The molecule has 1 aliphatic carbocycles. The molecular weight excluding hydrogens is 328 g/mol. The number of hydrogen-bond acceptors (Lipinski definition) is 4. The van der Waals surface area contributed by atoms with Crippen LogP contribution < -0.4 is 10.1 Å². The van der Waals surface area contributed by atoms with Gasteiger partial charge in [-0.15, -0.1) is 0 Å². The highest BCUT2D eigenvalue weighted by Gasteiger charge is 2.30. The summed E-state index contributed by atoms with van der Waals surface area (Å²) in [7, 11) is 0. The minimum Gasteiger partial charge on any atom is -0.473 e. The number of nitrogens with zero attached hydrogens (tertiary/aromatic N) is 1. The van der Waals surface area contributed by atoms with E-state index in [9.17, 15) is 4.79 Å². The van der Waals surface area contributed by atoms with E-state index in [2.05, 4.69) is 17.2 Å². The lowest BCUT2D eigenvalue weighted by Gasteiger charge is -2.23. The zero-order valence-corrected chi connectivity index (χ0v) is 14.9. The zero-order valence-electron chi connectivity index (χ0n) is 14.1. The lowest BCUT2D eigenvalue weighted by molar-refractivity contribution is 0.0924. The van der Waals surface area contributed by atoms with Crippen LogP contribution >= 0.6 is 11.6 Å². The van der Waals surface area contributed by atoms with Crippen LogP contribution in [-0.4, -0.2) is 36.8 Å². The standard InChI is InChI=1S/C18H25ClN2O3/c1-18(7-8-23-12-18)11-21-16(22)13-9-15(19)17(20-10-13)24-14-5-3-2-4-6-14/h9-10,14H,2-8,11-12H2,1H3,(H,21,22). The van der Waals surface area contributed by atoms with Gasteiger partial charge in [-0.1, -0.05) is 24.9 Å². The molecule has 0 aromatic carbocycles. The zero-order chi connectivity index (χ0) is 17.0. The number of halogens is 1. The molecule has 1 N–H and O–H groups in total. The van der Waals surface area contributed by atoms with Crippen molar-refractivity contribution in [2.75, 3.05) is 19.8 Å². The molecule has 5 nitrogen and oxygen atoms in total. The summed E-state index contributed by atoms with van der Waals surface area (Å²) in [5.74, 6) is 0.262. The van der Waals surface area contributed by atoms with Crippen LogP contribution in [0.1, 0.15) is 55.8 Å². The fourth-order valence-corrected chi connectivity index (χ4v) is 3.43. The molecule has 6 heteroatoms. The third kappa shape index (κ3) is 4.39. The Kier molecular flexibility index (Phi) is 5.61. The maximum atomic E-state index is 12.3. The lowest BCUT2D eigenvalue weighted by Crippen LogP contribution is -2.36. The van der Waals surface area contributed by atoms with E-state index in [1.54, 1.807) is 6.07 Å². The van der Waals surface area contributed by atoms with Crippen molar-refractivity contribution < 1.29 is 14.3 Å². The predicted octanol–water partition coefficient (Wildman–Crippen LogP) is 3.60. The van der Waals surface area contributed by atoms with E-state index < -0.39 is 0 Å². The van der Waals surface area contributed by atoms with Gasteiger partial charge >= 0.3 is 0 Å². The molecule has 24 heavy (non-hydrogen) atoms. The van der Waals surface area contributed by atoms with Crippen LogP contribution in [-0.2, 0) is 4.74 Å². The quantitative estimate of drug-likeness (QED) is 0.879. The Hall–Kier alpha value is -1.33. The van der Waals surface area contributed by atoms with Gasteiger partial charge < -0.3 is 14.8 Å².